The third-order valence-electron chi connectivity index (χ3n) is 5.45. The summed E-state index contributed by atoms with van der Waals surface area (Å²) in [6.45, 7) is 0. The Labute approximate surface area is 172 Å². The van der Waals surface area contributed by atoms with Crippen molar-refractivity contribution in [1.82, 2.24) is 0 Å². The van der Waals surface area contributed by atoms with Gasteiger partial charge in [0.15, 0.2) is 5.78 Å². The standard InChI is InChI=1S/C27H16O3/c28-25(17-9-2-1-3-10-17)27(30)22-14-7-6-13-21(22)26(29)23-16-8-15-20-18-11-4-5-12-19(18)24(20)23/h1-16H. The molecule has 0 spiro atoms. The molecule has 0 saturated heterocycles. The molecule has 4 aromatic carbocycles. The molecule has 0 atom stereocenters. The van der Waals surface area contributed by atoms with Gasteiger partial charge in [0.05, 0.1) is 0 Å². The molecule has 0 aliphatic heterocycles. The van der Waals surface area contributed by atoms with E-state index in [0.29, 0.717) is 11.1 Å². The SMILES string of the molecule is O=C(C(=O)c1ccccc1C(=O)c1cccc2c1=c1ccccc1=2)c1ccccc1. The van der Waals surface area contributed by atoms with Crippen LogP contribution in [0, 0.1) is 20.9 Å². The third kappa shape index (κ3) is 2.72. The van der Waals surface area contributed by atoms with E-state index in [9.17, 15) is 14.4 Å². The quantitative estimate of drug-likeness (QED) is 0.319. The van der Waals surface area contributed by atoms with Crippen LogP contribution in [0.4, 0.5) is 0 Å². The lowest BCUT2D eigenvalue weighted by Crippen LogP contribution is -2.19. The second-order valence-corrected chi connectivity index (χ2v) is 7.17. The minimum absolute atomic E-state index is 0.126. The average molecular weight is 388 g/mol. The van der Waals surface area contributed by atoms with E-state index in [1.807, 2.05) is 36.4 Å². The van der Waals surface area contributed by atoms with Crippen LogP contribution in [0.3, 0.4) is 0 Å². The first-order chi connectivity index (χ1) is 14.7. The van der Waals surface area contributed by atoms with Crippen LogP contribution in [0.5, 0.6) is 0 Å². The molecule has 0 aromatic heterocycles. The summed E-state index contributed by atoms with van der Waals surface area (Å²) in [5, 5.41) is 4.07. The van der Waals surface area contributed by atoms with E-state index >= 15 is 0 Å². The number of carbonyl (C=O) groups is 3. The number of fused-ring (bicyclic) bond motifs is 2. The number of Topliss-reactive ketones (excluding diaryl/α,β-unsaturated/α-hetero) is 2. The second-order valence-electron chi connectivity index (χ2n) is 7.17. The first-order valence-electron chi connectivity index (χ1n) is 9.67. The maximum absolute atomic E-state index is 13.5. The maximum atomic E-state index is 13.5. The van der Waals surface area contributed by atoms with E-state index in [1.165, 1.54) is 0 Å². The van der Waals surface area contributed by atoms with Gasteiger partial charge in [0, 0.05) is 27.5 Å². The first-order valence-corrected chi connectivity index (χ1v) is 9.67. The minimum atomic E-state index is -0.680. The summed E-state index contributed by atoms with van der Waals surface area (Å²) in [7, 11) is 0. The largest absolute Gasteiger partial charge is 0.289 e. The Balaban J connectivity index is 1.62. The Bertz CT molecular complexity index is 1530. The number of carbonyl (C=O) groups excluding carboxylic acids is 3. The smallest absolute Gasteiger partial charge is 0.234 e. The summed E-state index contributed by atoms with van der Waals surface area (Å²) < 4.78 is 0. The third-order valence-corrected chi connectivity index (χ3v) is 5.45. The van der Waals surface area contributed by atoms with Gasteiger partial charge in [0.25, 0.3) is 0 Å². The highest BCUT2D eigenvalue weighted by Gasteiger charge is 2.25. The van der Waals surface area contributed by atoms with Crippen LogP contribution in [0.1, 0.15) is 36.6 Å². The highest BCUT2D eigenvalue weighted by Crippen LogP contribution is 2.22. The molecule has 30 heavy (non-hydrogen) atoms. The van der Waals surface area contributed by atoms with Crippen molar-refractivity contribution in [2.75, 3.05) is 0 Å². The van der Waals surface area contributed by atoms with Crippen molar-refractivity contribution < 1.29 is 14.4 Å². The lowest BCUT2D eigenvalue weighted by atomic mass is 9.89. The molecule has 1 aliphatic carbocycles. The van der Waals surface area contributed by atoms with Gasteiger partial charge in [-0.1, -0.05) is 97.1 Å². The van der Waals surface area contributed by atoms with Gasteiger partial charge < -0.3 is 0 Å². The predicted octanol–water partition coefficient (Wildman–Crippen LogP) is 4.87. The van der Waals surface area contributed by atoms with E-state index in [4.69, 9.17) is 0 Å². The van der Waals surface area contributed by atoms with Gasteiger partial charge in [-0.25, -0.2) is 0 Å². The van der Waals surface area contributed by atoms with E-state index in [0.717, 1.165) is 20.9 Å². The van der Waals surface area contributed by atoms with Gasteiger partial charge in [0.2, 0.25) is 11.6 Å². The van der Waals surface area contributed by atoms with Gasteiger partial charge in [-0.15, -0.1) is 0 Å². The van der Waals surface area contributed by atoms with Gasteiger partial charge in [-0.3, -0.25) is 14.4 Å². The van der Waals surface area contributed by atoms with Crippen molar-refractivity contribution >= 4 is 17.3 Å². The van der Waals surface area contributed by atoms with Crippen LogP contribution in [0.25, 0.3) is 0 Å². The topological polar surface area (TPSA) is 51.2 Å². The number of rotatable bonds is 5. The predicted molar refractivity (Wildman–Crippen MR) is 113 cm³/mol. The van der Waals surface area contributed by atoms with Gasteiger partial charge in [0.1, 0.15) is 0 Å². The molecular formula is C27H16O3. The van der Waals surface area contributed by atoms with Crippen LogP contribution in [0.15, 0.2) is 97.1 Å². The van der Waals surface area contributed by atoms with E-state index in [1.54, 1.807) is 60.7 Å². The molecule has 3 heteroatoms. The van der Waals surface area contributed by atoms with Gasteiger partial charge >= 0.3 is 0 Å². The molecule has 0 bridgehead atoms. The zero-order valence-electron chi connectivity index (χ0n) is 16.0. The monoisotopic (exact) mass is 388 g/mol. The summed E-state index contributed by atoms with van der Waals surface area (Å²) in [6, 6.07) is 28.5. The molecule has 0 saturated carbocycles. The molecule has 5 rings (SSSR count). The summed E-state index contributed by atoms with van der Waals surface area (Å²) in [4.78, 5) is 39.1. The second kappa shape index (κ2) is 7.05. The fourth-order valence-corrected chi connectivity index (χ4v) is 4.00. The molecule has 4 aromatic rings. The van der Waals surface area contributed by atoms with Crippen LogP contribution in [0.2, 0.25) is 0 Å². The van der Waals surface area contributed by atoms with Crippen LogP contribution in [-0.4, -0.2) is 17.3 Å². The van der Waals surface area contributed by atoms with Gasteiger partial charge in [-0.05, 0) is 15.7 Å². The number of hydrogen-bond acceptors (Lipinski definition) is 3. The highest BCUT2D eigenvalue weighted by atomic mass is 16.2. The van der Waals surface area contributed by atoms with Crippen molar-refractivity contribution in [1.29, 1.82) is 0 Å². The normalized spacial score (nSPS) is 11.1. The Morgan fingerprint density at radius 3 is 1.77 bits per heavy atom. The summed E-state index contributed by atoms with van der Waals surface area (Å²) >= 11 is 0. The lowest BCUT2D eigenvalue weighted by molar-refractivity contribution is 0.0815. The Hall–Kier alpha value is -4.11. The van der Waals surface area contributed by atoms with Crippen molar-refractivity contribution in [2.24, 2.45) is 0 Å². The fourth-order valence-electron chi connectivity index (χ4n) is 4.00. The van der Waals surface area contributed by atoms with E-state index in [2.05, 4.69) is 0 Å². The van der Waals surface area contributed by atoms with Crippen LogP contribution < -0.4 is 0 Å². The molecule has 0 amide bonds. The molecule has 0 fully saturated rings. The van der Waals surface area contributed by atoms with E-state index < -0.39 is 11.6 Å². The van der Waals surface area contributed by atoms with Crippen molar-refractivity contribution in [3.8, 4) is 0 Å². The number of hydrogen-bond donors (Lipinski definition) is 0. The zero-order chi connectivity index (χ0) is 20.7. The Morgan fingerprint density at radius 2 is 1.00 bits per heavy atom. The van der Waals surface area contributed by atoms with E-state index in [-0.39, 0.29) is 16.9 Å². The zero-order valence-corrected chi connectivity index (χ0v) is 16.0. The first kappa shape index (κ1) is 18.0. The highest BCUT2D eigenvalue weighted by molar-refractivity contribution is 6.50. The number of ketones is 3. The summed E-state index contributed by atoms with van der Waals surface area (Å²) in [6.07, 6.45) is 0. The van der Waals surface area contributed by atoms with Crippen molar-refractivity contribution in [3.63, 3.8) is 0 Å². The lowest BCUT2D eigenvalue weighted by Gasteiger charge is -2.12. The Kier molecular flexibility index (Phi) is 4.22. The van der Waals surface area contributed by atoms with Crippen LogP contribution >= 0.6 is 0 Å². The molecule has 0 radical (unpaired) electrons. The molecule has 0 unspecified atom stereocenters. The van der Waals surface area contributed by atoms with Crippen molar-refractivity contribution in [2.45, 2.75) is 0 Å². The summed E-state index contributed by atoms with van der Waals surface area (Å²) in [5.74, 6) is -1.56. The average Bonchev–Trinajstić information content (AvgIpc) is 2.81. The molecule has 1 aliphatic rings. The molecule has 3 nitrogen and oxygen atoms in total. The minimum Gasteiger partial charge on any atom is -0.289 e. The molecule has 0 N–H and O–H groups in total. The van der Waals surface area contributed by atoms with Crippen molar-refractivity contribution in [3.05, 3.63) is 140 Å². The molecular weight excluding hydrogens is 372 g/mol. The fraction of sp³-hybridized carbons (Fsp3) is 0. The van der Waals surface area contributed by atoms with Crippen LogP contribution in [-0.2, 0) is 0 Å². The number of benzene rings is 4. The summed E-state index contributed by atoms with van der Waals surface area (Å²) in [5.41, 5.74) is 1.22. The maximum Gasteiger partial charge on any atom is 0.234 e. The Morgan fingerprint density at radius 1 is 0.433 bits per heavy atom. The van der Waals surface area contributed by atoms with Gasteiger partial charge in [-0.2, -0.15) is 0 Å². The molecule has 0 heterocycles. The molecule has 142 valence electrons.